The lowest BCUT2D eigenvalue weighted by molar-refractivity contribution is -0.134. The normalized spacial score (nSPS) is 11.6. The first-order chi connectivity index (χ1) is 7.06. The Labute approximate surface area is 93.1 Å². The Bertz CT molecular complexity index is 200. The van der Waals surface area contributed by atoms with E-state index in [4.69, 9.17) is 7.05 Å². The smallest absolute Gasteiger partial charge is 0.330 e. The van der Waals surface area contributed by atoms with Gasteiger partial charge in [-0.3, -0.25) is 4.90 Å². The molecule has 0 aliphatic carbocycles. The highest BCUT2D eigenvalue weighted by molar-refractivity contribution is 5.81. The fraction of sp³-hybridized carbons (Fsp3) is 0.667. The van der Waals surface area contributed by atoms with Crippen molar-refractivity contribution in [3.63, 3.8) is 0 Å². The fourth-order valence-corrected chi connectivity index (χ4v) is 1.22. The maximum atomic E-state index is 10.7. The Hall–Kier alpha value is -0.830. The SMILES string of the molecule is [CH]N(CCC/C=C/C(=O)OC)CC(C)C. The van der Waals surface area contributed by atoms with Crippen molar-refractivity contribution in [1.82, 2.24) is 4.90 Å². The van der Waals surface area contributed by atoms with Crippen LogP contribution in [-0.4, -0.2) is 31.1 Å². The van der Waals surface area contributed by atoms with Crippen molar-refractivity contribution >= 4 is 5.97 Å². The van der Waals surface area contributed by atoms with E-state index in [1.807, 2.05) is 11.0 Å². The number of esters is 1. The van der Waals surface area contributed by atoms with Crippen molar-refractivity contribution in [2.24, 2.45) is 5.92 Å². The van der Waals surface area contributed by atoms with Crippen LogP contribution in [0.2, 0.25) is 0 Å². The van der Waals surface area contributed by atoms with E-state index in [9.17, 15) is 4.79 Å². The molecule has 0 saturated heterocycles. The van der Waals surface area contributed by atoms with E-state index in [0.29, 0.717) is 5.92 Å². The highest BCUT2D eigenvalue weighted by Crippen LogP contribution is 2.00. The van der Waals surface area contributed by atoms with Crippen LogP contribution in [0.1, 0.15) is 26.7 Å². The van der Waals surface area contributed by atoms with Gasteiger partial charge in [0.05, 0.1) is 7.11 Å². The van der Waals surface area contributed by atoms with Crippen LogP contribution in [0.3, 0.4) is 0 Å². The average Bonchev–Trinajstić information content (AvgIpc) is 2.15. The molecule has 0 fully saturated rings. The van der Waals surface area contributed by atoms with E-state index < -0.39 is 0 Å². The van der Waals surface area contributed by atoms with Gasteiger partial charge in [-0.15, -0.1) is 0 Å². The molecule has 86 valence electrons. The predicted octanol–water partition coefficient (Wildman–Crippen LogP) is 2.12. The zero-order valence-electron chi connectivity index (χ0n) is 9.90. The number of nitrogens with zero attached hydrogens (tertiary/aromatic N) is 1. The number of carbonyl (C=O) groups is 1. The molecule has 15 heavy (non-hydrogen) atoms. The number of carbonyl (C=O) groups excluding carboxylic acids is 1. The van der Waals surface area contributed by atoms with E-state index in [-0.39, 0.29) is 5.97 Å². The monoisotopic (exact) mass is 211 g/mol. The predicted molar refractivity (Wildman–Crippen MR) is 61.1 cm³/mol. The minimum absolute atomic E-state index is 0.304. The fourth-order valence-electron chi connectivity index (χ4n) is 1.22. The van der Waals surface area contributed by atoms with Crippen LogP contribution in [0, 0.1) is 13.0 Å². The molecule has 0 N–H and O–H groups in total. The minimum Gasteiger partial charge on any atom is -0.466 e. The van der Waals surface area contributed by atoms with Crippen molar-refractivity contribution < 1.29 is 9.53 Å². The molecule has 0 rings (SSSR count). The summed E-state index contributed by atoms with van der Waals surface area (Å²) >= 11 is 0. The Morgan fingerprint density at radius 3 is 2.73 bits per heavy atom. The molecule has 0 saturated carbocycles. The maximum absolute atomic E-state index is 10.7. The standard InChI is InChI=1S/C12H21NO2/c1-11(2)10-13(3)9-7-5-6-8-12(14)15-4/h3,6,8,11H,5,7,9-10H2,1-2,4H3/b8-6+. The molecule has 0 aliphatic heterocycles. The highest BCUT2D eigenvalue weighted by atomic mass is 16.5. The summed E-state index contributed by atoms with van der Waals surface area (Å²) in [6.45, 7) is 6.03. The van der Waals surface area contributed by atoms with Gasteiger partial charge in [-0.25, -0.2) is 4.79 Å². The van der Waals surface area contributed by atoms with Gasteiger partial charge >= 0.3 is 5.97 Å². The molecule has 0 aromatic carbocycles. The Kier molecular flexibility index (Phi) is 8.01. The van der Waals surface area contributed by atoms with Gasteiger partial charge in [0.25, 0.3) is 0 Å². The first-order valence-electron chi connectivity index (χ1n) is 5.30. The van der Waals surface area contributed by atoms with Crippen LogP contribution < -0.4 is 0 Å². The Balaban J connectivity index is 3.45. The van der Waals surface area contributed by atoms with Crippen LogP contribution in [-0.2, 0) is 9.53 Å². The van der Waals surface area contributed by atoms with Crippen LogP contribution in [0.5, 0.6) is 0 Å². The summed E-state index contributed by atoms with van der Waals surface area (Å²) in [4.78, 5) is 12.5. The lowest BCUT2D eigenvalue weighted by atomic mass is 10.2. The molecule has 0 aromatic rings. The van der Waals surface area contributed by atoms with E-state index in [0.717, 1.165) is 25.9 Å². The zero-order valence-corrected chi connectivity index (χ0v) is 9.90. The summed E-state index contributed by atoms with van der Waals surface area (Å²) in [6, 6.07) is 0. The number of methoxy groups -OCH3 is 1. The van der Waals surface area contributed by atoms with Gasteiger partial charge in [-0.05, 0) is 25.3 Å². The molecule has 2 radical (unpaired) electrons. The number of rotatable bonds is 7. The summed E-state index contributed by atoms with van der Waals surface area (Å²) in [6.07, 6.45) is 5.07. The van der Waals surface area contributed by atoms with Crippen molar-refractivity contribution in [1.29, 1.82) is 0 Å². The molecular weight excluding hydrogens is 190 g/mol. The number of allylic oxidation sites excluding steroid dienone is 1. The van der Waals surface area contributed by atoms with Crippen LogP contribution in [0.15, 0.2) is 12.2 Å². The second kappa shape index (κ2) is 8.48. The molecule has 0 aliphatic rings. The van der Waals surface area contributed by atoms with Gasteiger partial charge in [0.2, 0.25) is 0 Å². The Morgan fingerprint density at radius 1 is 1.53 bits per heavy atom. The largest absolute Gasteiger partial charge is 0.466 e. The third-order valence-electron chi connectivity index (χ3n) is 1.87. The summed E-state index contributed by atoms with van der Waals surface area (Å²) in [5, 5.41) is 0. The summed E-state index contributed by atoms with van der Waals surface area (Å²) in [5.41, 5.74) is 0. The van der Waals surface area contributed by atoms with Gasteiger partial charge in [0, 0.05) is 19.7 Å². The third kappa shape index (κ3) is 9.47. The maximum Gasteiger partial charge on any atom is 0.330 e. The molecule has 0 amide bonds. The van der Waals surface area contributed by atoms with E-state index in [1.165, 1.54) is 13.2 Å². The lowest BCUT2D eigenvalue weighted by Gasteiger charge is -2.17. The first-order valence-corrected chi connectivity index (χ1v) is 5.30. The van der Waals surface area contributed by atoms with Crippen molar-refractivity contribution in [3.8, 4) is 0 Å². The number of hydrogen-bond acceptors (Lipinski definition) is 3. The first kappa shape index (κ1) is 14.2. The Morgan fingerprint density at radius 2 is 2.20 bits per heavy atom. The molecule has 0 aromatic heterocycles. The van der Waals surface area contributed by atoms with Gasteiger partial charge in [0.1, 0.15) is 0 Å². The van der Waals surface area contributed by atoms with Gasteiger partial charge in [-0.2, -0.15) is 0 Å². The molecular formula is C12H21NO2. The average molecular weight is 211 g/mol. The van der Waals surface area contributed by atoms with Gasteiger partial charge in [-0.1, -0.05) is 19.9 Å². The van der Waals surface area contributed by atoms with Gasteiger partial charge < -0.3 is 4.74 Å². The summed E-state index contributed by atoms with van der Waals surface area (Å²) < 4.78 is 4.47. The van der Waals surface area contributed by atoms with Crippen molar-refractivity contribution in [2.75, 3.05) is 20.2 Å². The summed E-state index contributed by atoms with van der Waals surface area (Å²) in [5.74, 6) is 0.280. The third-order valence-corrected chi connectivity index (χ3v) is 1.87. The second-order valence-electron chi connectivity index (χ2n) is 3.96. The molecule has 0 unspecified atom stereocenters. The number of ether oxygens (including phenoxy) is 1. The molecule has 0 spiro atoms. The topological polar surface area (TPSA) is 29.5 Å². The summed E-state index contributed by atoms with van der Waals surface area (Å²) in [7, 11) is 7.13. The minimum atomic E-state index is -0.304. The zero-order chi connectivity index (χ0) is 11.7. The molecule has 0 heterocycles. The van der Waals surface area contributed by atoms with Crippen LogP contribution in [0.4, 0.5) is 0 Å². The second-order valence-corrected chi connectivity index (χ2v) is 3.96. The van der Waals surface area contributed by atoms with Crippen molar-refractivity contribution in [2.45, 2.75) is 26.7 Å². The highest BCUT2D eigenvalue weighted by Gasteiger charge is 2.00. The van der Waals surface area contributed by atoms with Crippen LogP contribution in [0.25, 0.3) is 0 Å². The van der Waals surface area contributed by atoms with Crippen LogP contribution >= 0.6 is 0 Å². The molecule has 0 atom stereocenters. The quantitative estimate of drug-likeness (QED) is 0.279. The van der Waals surface area contributed by atoms with E-state index in [1.54, 1.807) is 0 Å². The molecule has 0 bridgehead atoms. The van der Waals surface area contributed by atoms with E-state index in [2.05, 4.69) is 18.6 Å². The lowest BCUT2D eigenvalue weighted by Crippen LogP contribution is -2.22. The number of hydrogen-bond donors (Lipinski definition) is 0. The van der Waals surface area contributed by atoms with E-state index >= 15 is 0 Å². The molecule has 3 nitrogen and oxygen atoms in total. The number of unbranched alkanes of at least 4 members (excludes halogenated alkanes) is 1. The van der Waals surface area contributed by atoms with Gasteiger partial charge in [0.15, 0.2) is 0 Å². The molecule has 3 heteroatoms. The van der Waals surface area contributed by atoms with Crippen molar-refractivity contribution in [3.05, 3.63) is 19.2 Å².